The van der Waals surface area contributed by atoms with Crippen molar-refractivity contribution in [2.75, 3.05) is 5.73 Å². The van der Waals surface area contributed by atoms with E-state index >= 15 is 0 Å². The van der Waals surface area contributed by atoms with E-state index in [9.17, 15) is 0 Å². The molecular formula is C13H21N. The van der Waals surface area contributed by atoms with Gasteiger partial charge in [-0.25, -0.2) is 0 Å². The fraction of sp³-hybridized carbons (Fsp3) is 0.538. The van der Waals surface area contributed by atoms with Crippen LogP contribution in [0.15, 0.2) is 12.1 Å². The van der Waals surface area contributed by atoms with Gasteiger partial charge in [0.15, 0.2) is 0 Å². The van der Waals surface area contributed by atoms with Gasteiger partial charge in [0.1, 0.15) is 0 Å². The normalized spacial score (nSPS) is 10.9. The monoisotopic (exact) mass is 191 g/mol. The summed E-state index contributed by atoms with van der Waals surface area (Å²) in [4.78, 5) is 0. The molecule has 0 saturated heterocycles. The van der Waals surface area contributed by atoms with E-state index in [0.29, 0.717) is 5.92 Å². The number of rotatable bonds is 3. The number of nitrogens with two attached hydrogens (primary N) is 1. The minimum absolute atomic E-state index is 0.593. The molecule has 0 aromatic heterocycles. The Hall–Kier alpha value is -0.980. The molecule has 1 aromatic rings. The molecule has 0 aliphatic carbocycles. The van der Waals surface area contributed by atoms with Gasteiger partial charge in [-0.2, -0.15) is 0 Å². The molecule has 78 valence electrons. The second-order valence-electron chi connectivity index (χ2n) is 4.06. The van der Waals surface area contributed by atoms with Gasteiger partial charge in [-0.15, -0.1) is 0 Å². The maximum absolute atomic E-state index is 5.98. The first-order valence-corrected chi connectivity index (χ1v) is 5.51. The highest BCUT2D eigenvalue weighted by molar-refractivity contribution is 5.54. The zero-order valence-electron chi connectivity index (χ0n) is 9.72. The van der Waals surface area contributed by atoms with E-state index in [-0.39, 0.29) is 0 Å². The zero-order chi connectivity index (χ0) is 10.7. The van der Waals surface area contributed by atoms with Crippen LogP contribution in [-0.4, -0.2) is 0 Å². The maximum atomic E-state index is 5.98. The largest absolute Gasteiger partial charge is 0.398 e. The third-order valence-corrected chi connectivity index (χ3v) is 2.83. The zero-order valence-corrected chi connectivity index (χ0v) is 9.72. The van der Waals surface area contributed by atoms with E-state index in [2.05, 4.69) is 33.8 Å². The van der Waals surface area contributed by atoms with Crippen molar-refractivity contribution >= 4 is 5.69 Å². The van der Waals surface area contributed by atoms with Crippen LogP contribution in [0.1, 0.15) is 50.3 Å². The van der Waals surface area contributed by atoms with Crippen molar-refractivity contribution in [3.8, 4) is 0 Å². The topological polar surface area (TPSA) is 26.0 Å². The second kappa shape index (κ2) is 4.50. The molecule has 1 aromatic carbocycles. The minimum Gasteiger partial charge on any atom is -0.398 e. The molecule has 14 heavy (non-hydrogen) atoms. The first-order chi connectivity index (χ1) is 6.61. The van der Waals surface area contributed by atoms with Gasteiger partial charge in [0, 0.05) is 5.69 Å². The minimum atomic E-state index is 0.593. The summed E-state index contributed by atoms with van der Waals surface area (Å²) in [7, 11) is 0. The van der Waals surface area contributed by atoms with Crippen molar-refractivity contribution in [2.24, 2.45) is 0 Å². The summed E-state index contributed by atoms with van der Waals surface area (Å²) in [5.41, 5.74) is 11.2. The summed E-state index contributed by atoms with van der Waals surface area (Å²) < 4.78 is 0. The lowest BCUT2D eigenvalue weighted by Crippen LogP contribution is -2.04. The third-order valence-electron chi connectivity index (χ3n) is 2.83. The van der Waals surface area contributed by atoms with Crippen LogP contribution < -0.4 is 5.73 Å². The average Bonchev–Trinajstić information content (AvgIpc) is 2.16. The van der Waals surface area contributed by atoms with E-state index in [4.69, 9.17) is 5.73 Å². The first-order valence-electron chi connectivity index (χ1n) is 5.51. The molecule has 0 bridgehead atoms. The van der Waals surface area contributed by atoms with Crippen molar-refractivity contribution in [3.63, 3.8) is 0 Å². The number of nitrogen functional groups attached to an aromatic ring is 1. The van der Waals surface area contributed by atoms with E-state index < -0.39 is 0 Å². The van der Waals surface area contributed by atoms with Gasteiger partial charge in [-0.1, -0.05) is 33.8 Å². The molecule has 0 aliphatic rings. The Kier molecular flexibility index (Phi) is 3.56. The van der Waals surface area contributed by atoms with Gasteiger partial charge in [-0.05, 0) is 41.5 Å². The Bertz CT molecular complexity index is 313. The summed E-state index contributed by atoms with van der Waals surface area (Å²) in [5.74, 6) is 0.593. The smallest absolute Gasteiger partial charge is 0.0349 e. The van der Waals surface area contributed by atoms with Crippen molar-refractivity contribution < 1.29 is 0 Å². The molecule has 1 heteroatoms. The Balaban J connectivity index is 3.33. The standard InChI is InChI=1S/C13H21N/c1-5-10-11(6-2)13(14)8-7-12(10)9(3)4/h7-9H,5-6,14H2,1-4H3. The molecule has 0 aliphatic heterocycles. The van der Waals surface area contributed by atoms with Crippen LogP contribution in [0, 0.1) is 0 Å². The van der Waals surface area contributed by atoms with Gasteiger partial charge in [-0.3, -0.25) is 0 Å². The molecule has 0 amide bonds. The number of anilines is 1. The van der Waals surface area contributed by atoms with Crippen LogP contribution in [0.2, 0.25) is 0 Å². The van der Waals surface area contributed by atoms with Crippen molar-refractivity contribution in [1.82, 2.24) is 0 Å². The van der Waals surface area contributed by atoms with E-state index in [0.717, 1.165) is 18.5 Å². The van der Waals surface area contributed by atoms with Crippen LogP contribution in [0.4, 0.5) is 5.69 Å². The van der Waals surface area contributed by atoms with Crippen LogP contribution >= 0.6 is 0 Å². The predicted molar refractivity (Wildman–Crippen MR) is 63.7 cm³/mol. The average molecular weight is 191 g/mol. The first kappa shape index (κ1) is 11.1. The number of benzene rings is 1. The van der Waals surface area contributed by atoms with Crippen molar-refractivity contribution in [3.05, 3.63) is 28.8 Å². The third kappa shape index (κ3) is 1.92. The molecule has 0 spiro atoms. The van der Waals surface area contributed by atoms with E-state index in [1.54, 1.807) is 0 Å². The van der Waals surface area contributed by atoms with Gasteiger partial charge in [0.05, 0.1) is 0 Å². The Morgan fingerprint density at radius 3 is 2.07 bits per heavy atom. The summed E-state index contributed by atoms with van der Waals surface area (Å²) in [6.07, 6.45) is 2.12. The Morgan fingerprint density at radius 1 is 1.07 bits per heavy atom. The number of hydrogen-bond acceptors (Lipinski definition) is 1. The molecule has 0 unspecified atom stereocenters. The molecule has 0 fully saturated rings. The molecule has 0 atom stereocenters. The quantitative estimate of drug-likeness (QED) is 0.727. The maximum Gasteiger partial charge on any atom is 0.0349 e. The van der Waals surface area contributed by atoms with Crippen LogP contribution in [0.25, 0.3) is 0 Å². The number of hydrogen-bond donors (Lipinski definition) is 1. The fourth-order valence-electron chi connectivity index (χ4n) is 2.11. The van der Waals surface area contributed by atoms with Crippen molar-refractivity contribution in [1.29, 1.82) is 0 Å². The SMILES string of the molecule is CCc1c(N)ccc(C(C)C)c1CC. The Morgan fingerprint density at radius 2 is 1.64 bits per heavy atom. The molecular weight excluding hydrogens is 170 g/mol. The highest BCUT2D eigenvalue weighted by Crippen LogP contribution is 2.27. The van der Waals surface area contributed by atoms with Gasteiger partial charge < -0.3 is 5.73 Å². The molecule has 0 saturated carbocycles. The molecule has 0 radical (unpaired) electrons. The lowest BCUT2D eigenvalue weighted by atomic mass is 9.90. The fourth-order valence-corrected chi connectivity index (χ4v) is 2.11. The van der Waals surface area contributed by atoms with Gasteiger partial charge in [0.2, 0.25) is 0 Å². The van der Waals surface area contributed by atoms with Gasteiger partial charge in [0.25, 0.3) is 0 Å². The van der Waals surface area contributed by atoms with Crippen LogP contribution in [0.5, 0.6) is 0 Å². The lowest BCUT2D eigenvalue weighted by Gasteiger charge is -2.17. The second-order valence-corrected chi connectivity index (χ2v) is 4.06. The molecule has 0 heterocycles. The van der Waals surface area contributed by atoms with Crippen LogP contribution in [-0.2, 0) is 12.8 Å². The van der Waals surface area contributed by atoms with E-state index in [1.807, 2.05) is 6.07 Å². The van der Waals surface area contributed by atoms with Gasteiger partial charge >= 0.3 is 0 Å². The van der Waals surface area contributed by atoms with Crippen molar-refractivity contribution in [2.45, 2.75) is 46.5 Å². The van der Waals surface area contributed by atoms with E-state index in [1.165, 1.54) is 16.7 Å². The highest BCUT2D eigenvalue weighted by Gasteiger charge is 2.10. The molecule has 1 nitrogen and oxygen atoms in total. The summed E-state index contributed by atoms with van der Waals surface area (Å²) in [6, 6.07) is 4.23. The lowest BCUT2D eigenvalue weighted by molar-refractivity contribution is 0.836. The Labute approximate surface area is 87.3 Å². The predicted octanol–water partition coefficient (Wildman–Crippen LogP) is 3.52. The summed E-state index contributed by atoms with van der Waals surface area (Å²) in [6.45, 7) is 8.86. The summed E-state index contributed by atoms with van der Waals surface area (Å²) in [5, 5.41) is 0. The summed E-state index contributed by atoms with van der Waals surface area (Å²) >= 11 is 0. The molecule has 1 rings (SSSR count). The highest BCUT2D eigenvalue weighted by atomic mass is 14.6. The molecule has 2 N–H and O–H groups in total. The van der Waals surface area contributed by atoms with Crippen LogP contribution in [0.3, 0.4) is 0 Å².